The third-order valence-corrected chi connectivity index (χ3v) is 4.65. The van der Waals surface area contributed by atoms with Gasteiger partial charge in [0.2, 0.25) is 5.91 Å². The van der Waals surface area contributed by atoms with Gasteiger partial charge in [0.05, 0.1) is 7.11 Å². The largest absolute Gasteiger partial charge is 0.469 e. The third-order valence-electron chi connectivity index (χ3n) is 4.65. The Labute approximate surface area is 144 Å². The number of benzene rings is 1. The molecule has 1 aliphatic heterocycles. The predicted octanol–water partition coefficient (Wildman–Crippen LogP) is 2.45. The Morgan fingerprint density at radius 2 is 2.00 bits per heavy atom. The van der Waals surface area contributed by atoms with E-state index in [1.165, 1.54) is 12.7 Å². The van der Waals surface area contributed by atoms with Crippen LogP contribution in [0.3, 0.4) is 0 Å². The zero-order chi connectivity index (χ0) is 17.4. The van der Waals surface area contributed by atoms with Gasteiger partial charge in [-0.05, 0) is 31.9 Å². The maximum atomic E-state index is 12.3. The van der Waals surface area contributed by atoms with Crippen LogP contribution in [0.25, 0.3) is 0 Å². The summed E-state index contributed by atoms with van der Waals surface area (Å²) in [6.45, 7) is 2.50. The Hall–Kier alpha value is -1.88. The minimum absolute atomic E-state index is 0.150. The summed E-state index contributed by atoms with van der Waals surface area (Å²) < 4.78 is 4.61. The highest BCUT2D eigenvalue weighted by Gasteiger charge is 2.26. The van der Waals surface area contributed by atoms with Gasteiger partial charge in [0, 0.05) is 38.5 Å². The number of methoxy groups -OCH3 is 1. The second kappa shape index (κ2) is 9.42. The lowest BCUT2D eigenvalue weighted by Crippen LogP contribution is -2.48. The number of hydrogen-bond donors (Lipinski definition) is 0. The van der Waals surface area contributed by atoms with Crippen molar-refractivity contribution >= 4 is 11.9 Å². The number of carbonyl (C=O) groups is 2. The van der Waals surface area contributed by atoms with Gasteiger partial charge in [-0.1, -0.05) is 30.3 Å². The van der Waals surface area contributed by atoms with E-state index in [9.17, 15) is 9.59 Å². The van der Waals surface area contributed by atoms with Crippen LogP contribution in [0.5, 0.6) is 0 Å². The number of nitrogens with zero attached hydrogens (tertiary/aromatic N) is 2. The molecule has 0 aromatic heterocycles. The van der Waals surface area contributed by atoms with Crippen LogP contribution in [0, 0.1) is 0 Å². The number of hydrogen-bond acceptors (Lipinski definition) is 4. The molecule has 0 bridgehead atoms. The van der Waals surface area contributed by atoms with E-state index < -0.39 is 0 Å². The van der Waals surface area contributed by atoms with E-state index >= 15 is 0 Å². The smallest absolute Gasteiger partial charge is 0.305 e. The number of likely N-dealkylation sites (N-methyl/N-ethyl adjacent to an activating group) is 1. The molecule has 1 amide bonds. The third kappa shape index (κ3) is 5.64. The van der Waals surface area contributed by atoms with Crippen molar-refractivity contribution in [3.8, 4) is 0 Å². The summed E-state index contributed by atoms with van der Waals surface area (Å²) in [6, 6.07) is 10.8. The SMILES string of the molecule is COC(=O)CCCC(=O)N1CCC[C@H](N(C)Cc2ccccc2)C1. The van der Waals surface area contributed by atoms with Crippen molar-refractivity contribution in [3.05, 3.63) is 35.9 Å². The number of carbonyl (C=O) groups excluding carboxylic acids is 2. The zero-order valence-electron chi connectivity index (χ0n) is 14.7. The van der Waals surface area contributed by atoms with E-state index in [1.54, 1.807) is 0 Å². The molecule has 2 rings (SSSR count). The van der Waals surface area contributed by atoms with E-state index in [1.807, 2.05) is 11.0 Å². The molecule has 0 unspecified atom stereocenters. The predicted molar refractivity (Wildman–Crippen MR) is 93.4 cm³/mol. The molecule has 0 N–H and O–H groups in total. The molecule has 1 aromatic carbocycles. The number of likely N-dealkylation sites (tertiary alicyclic amines) is 1. The minimum atomic E-state index is -0.248. The lowest BCUT2D eigenvalue weighted by Gasteiger charge is -2.37. The van der Waals surface area contributed by atoms with Gasteiger partial charge < -0.3 is 9.64 Å². The molecule has 1 heterocycles. The first kappa shape index (κ1) is 18.5. The van der Waals surface area contributed by atoms with Crippen LogP contribution in [0.4, 0.5) is 0 Å². The summed E-state index contributed by atoms with van der Waals surface area (Å²) in [7, 11) is 3.50. The molecular formula is C19H28N2O3. The zero-order valence-corrected chi connectivity index (χ0v) is 14.7. The van der Waals surface area contributed by atoms with Gasteiger partial charge >= 0.3 is 5.97 Å². The maximum absolute atomic E-state index is 12.3. The van der Waals surface area contributed by atoms with Crippen LogP contribution < -0.4 is 0 Å². The maximum Gasteiger partial charge on any atom is 0.305 e. The normalized spacial score (nSPS) is 17.8. The van der Waals surface area contributed by atoms with Crippen LogP contribution in [0.1, 0.15) is 37.7 Å². The van der Waals surface area contributed by atoms with E-state index in [0.29, 0.717) is 25.3 Å². The highest BCUT2D eigenvalue weighted by atomic mass is 16.5. The first-order valence-electron chi connectivity index (χ1n) is 8.69. The quantitative estimate of drug-likeness (QED) is 0.720. The van der Waals surface area contributed by atoms with Gasteiger partial charge in [-0.3, -0.25) is 14.5 Å². The van der Waals surface area contributed by atoms with Gasteiger partial charge in [0.25, 0.3) is 0 Å². The molecule has 5 heteroatoms. The average molecular weight is 332 g/mol. The topological polar surface area (TPSA) is 49.9 Å². The van der Waals surface area contributed by atoms with E-state index in [0.717, 1.165) is 32.5 Å². The van der Waals surface area contributed by atoms with Crippen molar-refractivity contribution in [3.63, 3.8) is 0 Å². The van der Waals surface area contributed by atoms with Crippen molar-refractivity contribution in [2.75, 3.05) is 27.2 Å². The highest BCUT2D eigenvalue weighted by Crippen LogP contribution is 2.18. The summed E-state index contributed by atoms with van der Waals surface area (Å²) in [5.41, 5.74) is 1.29. The lowest BCUT2D eigenvalue weighted by molar-refractivity contribution is -0.141. The molecule has 0 aliphatic carbocycles. The second-order valence-electron chi connectivity index (χ2n) is 6.47. The fourth-order valence-corrected chi connectivity index (χ4v) is 3.19. The molecule has 1 fully saturated rings. The Bertz CT molecular complexity index is 533. The fourth-order valence-electron chi connectivity index (χ4n) is 3.19. The fraction of sp³-hybridized carbons (Fsp3) is 0.579. The van der Waals surface area contributed by atoms with E-state index in [4.69, 9.17) is 0 Å². The van der Waals surface area contributed by atoms with Gasteiger partial charge in [-0.2, -0.15) is 0 Å². The number of amides is 1. The summed E-state index contributed by atoms with van der Waals surface area (Å²) in [4.78, 5) is 27.8. The van der Waals surface area contributed by atoms with Crippen molar-refractivity contribution in [1.82, 2.24) is 9.80 Å². The van der Waals surface area contributed by atoms with Crippen molar-refractivity contribution in [2.45, 2.75) is 44.7 Å². The van der Waals surface area contributed by atoms with Crippen LogP contribution in [-0.2, 0) is 20.9 Å². The molecular weight excluding hydrogens is 304 g/mol. The first-order valence-corrected chi connectivity index (χ1v) is 8.69. The Balaban J connectivity index is 1.80. The van der Waals surface area contributed by atoms with Gasteiger partial charge in [0.15, 0.2) is 0 Å². The van der Waals surface area contributed by atoms with Crippen LogP contribution in [-0.4, -0.2) is 55.0 Å². The Morgan fingerprint density at radius 3 is 2.71 bits per heavy atom. The molecule has 1 aliphatic rings. The summed E-state index contributed by atoms with van der Waals surface area (Å²) in [6.07, 6.45) is 3.45. The van der Waals surface area contributed by atoms with Gasteiger partial charge in [0.1, 0.15) is 0 Å². The number of rotatable bonds is 7. The van der Waals surface area contributed by atoms with E-state index in [-0.39, 0.29) is 11.9 Å². The molecule has 24 heavy (non-hydrogen) atoms. The van der Waals surface area contributed by atoms with Gasteiger partial charge in [-0.15, -0.1) is 0 Å². The Morgan fingerprint density at radius 1 is 1.25 bits per heavy atom. The molecule has 1 aromatic rings. The standard InChI is InChI=1S/C19H28N2O3/c1-20(14-16-8-4-3-5-9-16)17-10-7-13-21(15-17)18(22)11-6-12-19(23)24-2/h3-5,8-9,17H,6-7,10-15H2,1-2H3/t17-/m0/s1. The van der Waals surface area contributed by atoms with Crippen LogP contribution in [0.15, 0.2) is 30.3 Å². The average Bonchev–Trinajstić information content (AvgIpc) is 2.62. The van der Waals surface area contributed by atoms with Gasteiger partial charge in [-0.25, -0.2) is 0 Å². The van der Waals surface area contributed by atoms with E-state index in [2.05, 4.69) is 40.9 Å². The van der Waals surface area contributed by atoms with Crippen LogP contribution in [0.2, 0.25) is 0 Å². The summed E-state index contributed by atoms with van der Waals surface area (Å²) in [5, 5.41) is 0. The molecule has 1 atom stereocenters. The van der Waals surface area contributed by atoms with Crippen molar-refractivity contribution in [2.24, 2.45) is 0 Å². The molecule has 5 nitrogen and oxygen atoms in total. The molecule has 1 saturated heterocycles. The number of piperidine rings is 1. The monoisotopic (exact) mass is 332 g/mol. The van der Waals surface area contributed by atoms with Crippen molar-refractivity contribution < 1.29 is 14.3 Å². The number of ether oxygens (including phenoxy) is 1. The first-order chi connectivity index (χ1) is 11.6. The molecule has 0 saturated carbocycles. The molecule has 0 spiro atoms. The summed E-state index contributed by atoms with van der Waals surface area (Å²) in [5.74, 6) is -0.0985. The lowest BCUT2D eigenvalue weighted by atomic mass is 10.0. The van der Waals surface area contributed by atoms with Crippen LogP contribution >= 0.6 is 0 Å². The number of esters is 1. The minimum Gasteiger partial charge on any atom is -0.469 e. The molecule has 0 radical (unpaired) electrons. The summed E-state index contributed by atoms with van der Waals surface area (Å²) >= 11 is 0. The highest BCUT2D eigenvalue weighted by molar-refractivity contribution is 5.77. The molecule has 132 valence electrons. The van der Waals surface area contributed by atoms with Crippen molar-refractivity contribution in [1.29, 1.82) is 0 Å². The Kier molecular flexibility index (Phi) is 7.25. The second-order valence-corrected chi connectivity index (χ2v) is 6.47.